The molecule has 1 unspecified atom stereocenters. The van der Waals surface area contributed by atoms with Crippen LogP contribution in [-0.2, 0) is 10.5 Å². The van der Waals surface area contributed by atoms with Gasteiger partial charge in [0.15, 0.2) is 0 Å². The van der Waals surface area contributed by atoms with Crippen molar-refractivity contribution < 1.29 is 9.53 Å². The Morgan fingerprint density at radius 3 is 3.00 bits per heavy atom. The van der Waals surface area contributed by atoms with Gasteiger partial charge in [-0.05, 0) is 56.9 Å². The van der Waals surface area contributed by atoms with Crippen LogP contribution in [0.3, 0.4) is 0 Å². The Hall–Kier alpha value is -1.23. The molecule has 1 saturated heterocycles. The summed E-state index contributed by atoms with van der Waals surface area (Å²) in [5.74, 6) is 2.62. The average Bonchev–Trinajstić information content (AvgIpc) is 2.47. The van der Waals surface area contributed by atoms with E-state index >= 15 is 0 Å². The van der Waals surface area contributed by atoms with Gasteiger partial charge in [-0.2, -0.15) is 11.8 Å². The van der Waals surface area contributed by atoms with Gasteiger partial charge in [-0.25, -0.2) is 4.79 Å². The fourth-order valence-corrected chi connectivity index (χ4v) is 3.65. The molecule has 1 amide bonds. The summed E-state index contributed by atoms with van der Waals surface area (Å²) < 4.78 is 5.47. The van der Waals surface area contributed by atoms with E-state index in [2.05, 4.69) is 11.1 Å². The van der Waals surface area contributed by atoms with E-state index < -0.39 is 5.60 Å². The smallest absolute Gasteiger partial charge is 0.410 e. The summed E-state index contributed by atoms with van der Waals surface area (Å²) in [6.45, 7) is 7.37. The topological polar surface area (TPSA) is 42.4 Å². The summed E-state index contributed by atoms with van der Waals surface area (Å²) in [6, 6.07) is 4.08. The zero-order valence-corrected chi connectivity index (χ0v) is 14.6. The van der Waals surface area contributed by atoms with Crippen molar-refractivity contribution in [2.24, 2.45) is 5.92 Å². The third-order valence-corrected chi connectivity index (χ3v) is 4.76. The van der Waals surface area contributed by atoms with Crippen LogP contribution >= 0.6 is 11.8 Å². The first kappa shape index (κ1) is 17.1. The predicted molar refractivity (Wildman–Crippen MR) is 90.9 cm³/mol. The summed E-state index contributed by atoms with van der Waals surface area (Å²) in [6.07, 6.45) is 5.81. The molecular formula is C17H26N2O2S. The van der Waals surface area contributed by atoms with Crippen molar-refractivity contribution in [3.63, 3.8) is 0 Å². The molecule has 0 aromatic carbocycles. The molecular weight excluding hydrogens is 296 g/mol. The molecule has 1 aromatic rings. The van der Waals surface area contributed by atoms with Crippen LogP contribution < -0.4 is 0 Å². The predicted octanol–water partition coefficient (Wildman–Crippen LogP) is 3.96. The quantitative estimate of drug-likeness (QED) is 0.841. The van der Waals surface area contributed by atoms with Crippen molar-refractivity contribution in [1.82, 2.24) is 9.88 Å². The summed E-state index contributed by atoms with van der Waals surface area (Å²) in [7, 11) is 0. The number of rotatable bonds is 4. The Labute approximate surface area is 137 Å². The number of ether oxygens (including phenoxy) is 1. The van der Waals surface area contributed by atoms with Crippen LogP contribution in [0.2, 0.25) is 0 Å². The highest BCUT2D eigenvalue weighted by Crippen LogP contribution is 2.24. The number of hydrogen-bond acceptors (Lipinski definition) is 4. The zero-order chi connectivity index (χ0) is 16.0. The standard InChI is InChI=1S/C17H26N2O2S/c1-17(2,3)21-16(20)19-9-5-7-15(11-19)13-22-12-14-6-4-8-18-10-14/h4,6,8,10,15H,5,7,9,11-13H2,1-3H3. The van der Waals surface area contributed by atoms with Crippen molar-refractivity contribution in [1.29, 1.82) is 0 Å². The summed E-state index contributed by atoms with van der Waals surface area (Å²) in [5, 5.41) is 0. The lowest BCUT2D eigenvalue weighted by Crippen LogP contribution is -2.43. The zero-order valence-electron chi connectivity index (χ0n) is 13.7. The van der Waals surface area contributed by atoms with E-state index in [9.17, 15) is 4.79 Å². The van der Waals surface area contributed by atoms with E-state index in [0.717, 1.165) is 31.0 Å². The molecule has 22 heavy (non-hydrogen) atoms. The number of aromatic nitrogens is 1. The van der Waals surface area contributed by atoms with Crippen LogP contribution in [0, 0.1) is 5.92 Å². The molecule has 2 rings (SSSR count). The van der Waals surface area contributed by atoms with Gasteiger partial charge in [-0.1, -0.05) is 6.07 Å². The fraction of sp³-hybridized carbons (Fsp3) is 0.647. The molecule has 0 aliphatic carbocycles. The van der Waals surface area contributed by atoms with E-state index in [0.29, 0.717) is 5.92 Å². The second-order valence-corrected chi connectivity index (χ2v) is 7.84. The van der Waals surface area contributed by atoms with Crippen LogP contribution in [0.25, 0.3) is 0 Å². The maximum atomic E-state index is 12.1. The lowest BCUT2D eigenvalue weighted by molar-refractivity contribution is 0.0177. The maximum absolute atomic E-state index is 12.1. The van der Waals surface area contributed by atoms with Crippen molar-refractivity contribution in [3.8, 4) is 0 Å². The van der Waals surface area contributed by atoms with E-state index in [1.807, 2.05) is 49.7 Å². The van der Waals surface area contributed by atoms with Gasteiger partial charge in [0.25, 0.3) is 0 Å². The molecule has 0 bridgehead atoms. The molecule has 2 heterocycles. The number of carbonyl (C=O) groups is 1. The van der Waals surface area contributed by atoms with E-state index in [-0.39, 0.29) is 6.09 Å². The van der Waals surface area contributed by atoms with E-state index in [4.69, 9.17) is 4.74 Å². The Balaban J connectivity index is 1.75. The number of amides is 1. The molecule has 0 N–H and O–H groups in total. The van der Waals surface area contributed by atoms with Crippen molar-refractivity contribution >= 4 is 17.9 Å². The highest BCUT2D eigenvalue weighted by Gasteiger charge is 2.27. The Morgan fingerprint density at radius 2 is 2.32 bits per heavy atom. The van der Waals surface area contributed by atoms with Crippen LogP contribution in [0.1, 0.15) is 39.2 Å². The number of piperidine rings is 1. The first-order chi connectivity index (χ1) is 10.4. The number of pyridine rings is 1. The first-order valence-electron chi connectivity index (χ1n) is 7.88. The molecule has 1 aliphatic heterocycles. The SMILES string of the molecule is CC(C)(C)OC(=O)N1CCCC(CSCc2cccnc2)C1. The molecule has 1 aromatic heterocycles. The Bertz CT molecular complexity index is 473. The van der Waals surface area contributed by atoms with Crippen molar-refractivity contribution in [2.75, 3.05) is 18.8 Å². The van der Waals surface area contributed by atoms with Gasteiger partial charge in [-0.3, -0.25) is 4.98 Å². The summed E-state index contributed by atoms with van der Waals surface area (Å²) >= 11 is 1.92. The van der Waals surface area contributed by atoms with Crippen LogP contribution in [0.5, 0.6) is 0 Å². The second kappa shape index (κ2) is 7.86. The van der Waals surface area contributed by atoms with E-state index in [1.54, 1.807) is 6.20 Å². The Morgan fingerprint density at radius 1 is 1.50 bits per heavy atom. The van der Waals surface area contributed by atoms with Gasteiger partial charge in [0.2, 0.25) is 0 Å². The maximum Gasteiger partial charge on any atom is 0.410 e. The molecule has 0 radical (unpaired) electrons. The minimum atomic E-state index is -0.418. The lowest BCUT2D eigenvalue weighted by Gasteiger charge is -2.34. The lowest BCUT2D eigenvalue weighted by atomic mass is 10.0. The van der Waals surface area contributed by atoms with Gasteiger partial charge in [0, 0.05) is 31.2 Å². The van der Waals surface area contributed by atoms with Gasteiger partial charge < -0.3 is 9.64 Å². The summed E-state index contributed by atoms with van der Waals surface area (Å²) in [4.78, 5) is 18.1. The van der Waals surface area contributed by atoms with Gasteiger partial charge >= 0.3 is 6.09 Å². The fourth-order valence-electron chi connectivity index (χ4n) is 2.52. The largest absolute Gasteiger partial charge is 0.444 e. The van der Waals surface area contributed by atoms with Crippen molar-refractivity contribution in [2.45, 2.75) is 45.0 Å². The minimum absolute atomic E-state index is 0.172. The van der Waals surface area contributed by atoms with Crippen molar-refractivity contribution in [3.05, 3.63) is 30.1 Å². The second-order valence-electron chi connectivity index (χ2n) is 6.81. The van der Waals surface area contributed by atoms with Crippen LogP contribution in [-0.4, -0.2) is 40.4 Å². The number of thioether (sulfide) groups is 1. The number of likely N-dealkylation sites (tertiary alicyclic amines) is 1. The van der Waals surface area contributed by atoms with Gasteiger partial charge in [0.05, 0.1) is 0 Å². The molecule has 1 fully saturated rings. The van der Waals surface area contributed by atoms with Gasteiger partial charge in [-0.15, -0.1) is 0 Å². The average molecular weight is 322 g/mol. The number of carbonyl (C=O) groups excluding carboxylic acids is 1. The third kappa shape index (κ3) is 5.87. The molecule has 5 heteroatoms. The number of nitrogens with zero attached hydrogens (tertiary/aromatic N) is 2. The summed E-state index contributed by atoms with van der Waals surface area (Å²) in [5.41, 5.74) is 0.839. The Kier molecular flexibility index (Phi) is 6.12. The highest BCUT2D eigenvalue weighted by atomic mass is 32.2. The molecule has 122 valence electrons. The number of hydrogen-bond donors (Lipinski definition) is 0. The van der Waals surface area contributed by atoms with Gasteiger partial charge in [0.1, 0.15) is 5.60 Å². The first-order valence-corrected chi connectivity index (χ1v) is 9.04. The molecule has 0 spiro atoms. The normalized spacial score (nSPS) is 19.0. The van der Waals surface area contributed by atoms with Crippen LogP contribution in [0.4, 0.5) is 4.79 Å². The molecule has 4 nitrogen and oxygen atoms in total. The minimum Gasteiger partial charge on any atom is -0.444 e. The van der Waals surface area contributed by atoms with Crippen LogP contribution in [0.15, 0.2) is 24.5 Å². The van der Waals surface area contributed by atoms with E-state index in [1.165, 1.54) is 12.0 Å². The monoisotopic (exact) mass is 322 g/mol. The third-order valence-electron chi connectivity index (χ3n) is 3.52. The molecule has 0 saturated carbocycles. The molecule has 1 aliphatic rings. The molecule has 1 atom stereocenters. The highest BCUT2D eigenvalue weighted by molar-refractivity contribution is 7.98.